The number of methoxy groups -OCH3 is 1. The van der Waals surface area contributed by atoms with Gasteiger partial charge in [-0.1, -0.05) is 0 Å². The molecule has 2 N–H and O–H groups in total. The van der Waals surface area contributed by atoms with Crippen molar-refractivity contribution in [2.45, 2.75) is 23.8 Å². The van der Waals surface area contributed by atoms with E-state index in [1.807, 2.05) is 0 Å². The van der Waals surface area contributed by atoms with E-state index in [1.54, 1.807) is 6.07 Å². The van der Waals surface area contributed by atoms with E-state index in [-0.39, 0.29) is 10.9 Å². The summed E-state index contributed by atoms with van der Waals surface area (Å²) < 4.78 is 31.0. The Bertz CT molecular complexity index is 493. The van der Waals surface area contributed by atoms with E-state index in [4.69, 9.17) is 10.5 Å². The molecule has 0 aromatic carbocycles. The van der Waals surface area contributed by atoms with Crippen molar-refractivity contribution >= 4 is 10.0 Å². The smallest absolute Gasteiger partial charge is 0.244 e. The second-order valence-electron chi connectivity index (χ2n) is 4.28. The molecular weight excluding hydrogens is 254 g/mol. The number of rotatable bonds is 3. The molecule has 1 aromatic rings. The number of ether oxygens (including phenoxy) is 1. The van der Waals surface area contributed by atoms with Gasteiger partial charge in [-0.2, -0.15) is 4.31 Å². The van der Waals surface area contributed by atoms with Crippen LogP contribution in [0.2, 0.25) is 0 Å². The average molecular weight is 271 g/mol. The molecule has 7 heteroatoms. The summed E-state index contributed by atoms with van der Waals surface area (Å²) in [4.78, 5) is 4.11. The third kappa shape index (κ3) is 2.63. The Balaban J connectivity index is 2.19. The van der Waals surface area contributed by atoms with Gasteiger partial charge in [0.15, 0.2) is 0 Å². The summed E-state index contributed by atoms with van der Waals surface area (Å²) in [6.07, 6.45) is 2.72. The van der Waals surface area contributed by atoms with Crippen molar-refractivity contribution in [3.8, 4) is 5.88 Å². The minimum absolute atomic E-state index is 0.102. The van der Waals surface area contributed by atoms with E-state index >= 15 is 0 Å². The number of nitrogens with two attached hydrogens (primary N) is 1. The molecule has 1 saturated heterocycles. The van der Waals surface area contributed by atoms with Gasteiger partial charge < -0.3 is 10.5 Å². The van der Waals surface area contributed by atoms with E-state index in [9.17, 15) is 8.42 Å². The summed E-state index contributed by atoms with van der Waals surface area (Å²) in [6.45, 7) is 0.936. The Kier molecular flexibility index (Phi) is 3.84. The quantitative estimate of drug-likeness (QED) is 0.849. The van der Waals surface area contributed by atoms with Crippen LogP contribution in [0.5, 0.6) is 5.88 Å². The molecule has 1 aromatic heterocycles. The lowest BCUT2D eigenvalue weighted by Crippen LogP contribution is -2.42. The number of piperidine rings is 1. The minimum Gasteiger partial charge on any atom is -0.481 e. The molecule has 0 saturated carbocycles. The van der Waals surface area contributed by atoms with Crippen molar-refractivity contribution in [1.82, 2.24) is 9.29 Å². The molecular formula is C11H17N3O3S. The molecule has 2 rings (SSSR count). The van der Waals surface area contributed by atoms with Crippen LogP contribution in [-0.2, 0) is 10.0 Å². The highest BCUT2D eigenvalue weighted by molar-refractivity contribution is 7.89. The third-order valence-electron chi connectivity index (χ3n) is 3.05. The Hall–Kier alpha value is -1.18. The normalized spacial score (nSPS) is 18.8. The summed E-state index contributed by atoms with van der Waals surface area (Å²) >= 11 is 0. The topological polar surface area (TPSA) is 85.5 Å². The summed E-state index contributed by atoms with van der Waals surface area (Å²) in [5, 5.41) is 0. The van der Waals surface area contributed by atoms with Gasteiger partial charge >= 0.3 is 0 Å². The summed E-state index contributed by atoms with van der Waals surface area (Å²) in [7, 11) is -1.96. The summed E-state index contributed by atoms with van der Waals surface area (Å²) in [5.74, 6) is 0.398. The highest BCUT2D eigenvalue weighted by Gasteiger charge is 2.28. The fourth-order valence-corrected chi connectivity index (χ4v) is 3.32. The van der Waals surface area contributed by atoms with Crippen LogP contribution in [0.4, 0.5) is 0 Å². The van der Waals surface area contributed by atoms with Gasteiger partial charge in [0.05, 0.1) is 13.3 Å². The predicted octanol–water partition coefficient (Wildman–Crippen LogP) is 0.202. The van der Waals surface area contributed by atoms with Crippen molar-refractivity contribution in [1.29, 1.82) is 0 Å². The first-order chi connectivity index (χ1) is 8.54. The highest BCUT2D eigenvalue weighted by atomic mass is 32.2. The number of hydrogen-bond donors (Lipinski definition) is 1. The first-order valence-electron chi connectivity index (χ1n) is 5.80. The average Bonchev–Trinajstić information content (AvgIpc) is 2.39. The molecule has 18 heavy (non-hydrogen) atoms. The Labute approximate surface area is 107 Å². The minimum atomic E-state index is -3.45. The molecule has 0 radical (unpaired) electrons. The van der Waals surface area contributed by atoms with E-state index < -0.39 is 10.0 Å². The third-order valence-corrected chi connectivity index (χ3v) is 4.94. The standard InChI is InChI=1S/C11H17N3O3S/c1-17-11-3-2-10(8-13-11)18(15,16)14-6-4-9(12)5-7-14/h2-3,8-9H,4-7,12H2,1H3. The van der Waals surface area contributed by atoms with Gasteiger partial charge in [0.1, 0.15) is 4.90 Å². The van der Waals surface area contributed by atoms with E-state index in [0.29, 0.717) is 31.8 Å². The van der Waals surface area contributed by atoms with E-state index in [2.05, 4.69) is 4.98 Å². The summed E-state index contributed by atoms with van der Waals surface area (Å²) in [5.41, 5.74) is 5.77. The largest absolute Gasteiger partial charge is 0.481 e. The second kappa shape index (κ2) is 5.21. The zero-order valence-corrected chi connectivity index (χ0v) is 11.1. The van der Waals surface area contributed by atoms with Crippen LogP contribution in [0.3, 0.4) is 0 Å². The van der Waals surface area contributed by atoms with Gasteiger partial charge in [-0.15, -0.1) is 0 Å². The first-order valence-corrected chi connectivity index (χ1v) is 7.24. The fourth-order valence-electron chi connectivity index (χ4n) is 1.91. The molecule has 0 spiro atoms. The lowest BCUT2D eigenvalue weighted by molar-refractivity contribution is 0.320. The van der Waals surface area contributed by atoms with Crippen LogP contribution in [0.25, 0.3) is 0 Å². The molecule has 6 nitrogen and oxygen atoms in total. The second-order valence-corrected chi connectivity index (χ2v) is 6.22. The van der Waals surface area contributed by atoms with Gasteiger partial charge in [-0.25, -0.2) is 13.4 Å². The molecule has 1 aliphatic heterocycles. The van der Waals surface area contributed by atoms with Crippen LogP contribution in [-0.4, -0.2) is 43.9 Å². The number of pyridine rings is 1. The molecule has 0 bridgehead atoms. The highest BCUT2D eigenvalue weighted by Crippen LogP contribution is 2.20. The molecule has 0 atom stereocenters. The number of nitrogens with zero attached hydrogens (tertiary/aromatic N) is 2. The Morgan fingerprint density at radius 3 is 2.56 bits per heavy atom. The van der Waals surface area contributed by atoms with Crippen LogP contribution in [0.15, 0.2) is 23.2 Å². The van der Waals surface area contributed by atoms with Crippen LogP contribution >= 0.6 is 0 Å². The maximum absolute atomic E-state index is 12.3. The van der Waals surface area contributed by atoms with Crippen molar-refractivity contribution in [3.63, 3.8) is 0 Å². The first kappa shape index (κ1) is 13.3. The summed E-state index contributed by atoms with van der Waals surface area (Å²) in [6, 6.07) is 3.16. The number of sulfonamides is 1. The van der Waals surface area contributed by atoms with Crippen LogP contribution in [0.1, 0.15) is 12.8 Å². The van der Waals surface area contributed by atoms with Crippen molar-refractivity contribution in [2.24, 2.45) is 5.73 Å². The number of hydrogen-bond acceptors (Lipinski definition) is 5. The van der Waals surface area contributed by atoms with Gasteiger partial charge in [0.2, 0.25) is 15.9 Å². The van der Waals surface area contributed by atoms with Gasteiger partial charge in [-0.3, -0.25) is 0 Å². The maximum atomic E-state index is 12.3. The van der Waals surface area contributed by atoms with E-state index in [0.717, 1.165) is 0 Å². The molecule has 1 fully saturated rings. The van der Waals surface area contributed by atoms with Gasteiger partial charge in [0.25, 0.3) is 0 Å². The molecule has 0 unspecified atom stereocenters. The molecule has 0 amide bonds. The Morgan fingerprint density at radius 1 is 1.39 bits per heavy atom. The Morgan fingerprint density at radius 2 is 2.06 bits per heavy atom. The SMILES string of the molecule is COc1ccc(S(=O)(=O)N2CCC(N)CC2)cn1. The monoisotopic (exact) mass is 271 g/mol. The van der Waals surface area contributed by atoms with Gasteiger partial charge in [0, 0.05) is 25.2 Å². The lowest BCUT2D eigenvalue weighted by atomic mass is 10.1. The zero-order valence-electron chi connectivity index (χ0n) is 10.2. The maximum Gasteiger partial charge on any atom is 0.244 e. The van der Waals surface area contributed by atoms with Crippen molar-refractivity contribution in [3.05, 3.63) is 18.3 Å². The van der Waals surface area contributed by atoms with Crippen LogP contribution in [0, 0.1) is 0 Å². The lowest BCUT2D eigenvalue weighted by Gasteiger charge is -2.29. The fraction of sp³-hybridized carbons (Fsp3) is 0.545. The molecule has 1 aliphatic rings. The van der Waals surface area contributed by atoms with Crippen molar-refractivity contribution < 1.29 is 13.2 Å². The van der Waals surface area contributed by atoms with Crippen molar-refractivity contribution in [2.75, 3.05) is 20.2 Å². The number of aromatic nitrogens is 1. The predicted molar refractivity (Wildman–Crippen MR) is 66.8 cm³/mol. The molecule has 2 heterocycles. The molecule has 0 aliphatic carbocycles. The van der Waals surface area contributed by atoms with Crippen LogP contribution < -0.4 is 10.5 Å². The zero-order chi connectivity index (χ0) is 13.2. The van der Waals surface area contributed by atoms with Gasteiger partial charge in [-0.05, 0) is 18.9 Å². The van der Waals surface area contributed by atoms with E-state index in [1.165, 1.54) is 23.7 Å². The molecule has 100 valence electrons.